The van der Waals surface area contributed by atoms with Crippen molar-refractivity contribution in [1.82, 2.24) is 10.3 Å². The van der Waals surface area contributed by atoms with Crippen LogP contribution in [-0.4, -0.2) is 11.0 Å². The van der Waals surface area contributed by atoms with E-state index in [9.17, 15) is 4.39 Å². The highest BCUT2D eigenvalue weighted by Crippen LogP contribution is 2.39. The number of rotatable bonds is 5. The lowest BCUT2D eigenvalue weighted by Gasteiger charge is -2.38. The van der Waals surface area contributed by atoms with Gasteiger partial charge < -0.3 is 5.32 Å². The van der Waals surface area contributed by atoms with Gasteiger partial charge in [-0.2, -0.15) is 0 Å². The van der Waals surface area contributed by atoms with E-state index in [1.807, 2.05) is 18.3 Å². The van der Waals surface area contributed by atoms with E-state index >= 15 is 0 Å². The Bertz CT molecular complexity index is 604. The molecule has 1 N–H and O–H groups in total. The van der Waals surface area contributed by atoms with E-state index in [-0.39, 0.29) is 11.9 Å². The summed E-state index contributed by atoms with van der Waals surface area (Å²) in [6.07, 6.45) is 5.04. The van der Waals surface area contributed by atoms with Crippen LogP contribution >= 0.6 is 11.3 Å². The lowest BCUT2D eigenvalue weighted by atomic mass is 9.75. The maximum absolute atomic E-state index is 13.7. The number of nitrogens with zero attached hydrogens (tertiary/aromatic N) is 1. The highest BCUT2D eigenvalue weighted by atomic mass is 32.1. The van der Waals surface area contributed by atoms with Gasteiger partial charge in [0.05, 0.1) is 6.04 Å². The third-order valence-electron chi connectivity index (χ3n) is 4.26. The lowest BCUT2D eigenvalue weighted by Crippen LogP contribution is -2.41. The largest absolute Gasteiger partial charge is 0.305 e. The van der Waals surface area contributed by atoms with Gasteiger partial charge in [0.2, 0.25) is 0 Å². The van der Waals surface area contributed by atoms with Crippen LogP contribution in [0, 0.1) is 5.82 Å². The van der Waals surface area contributed by atoms with E-state index in [0.29, 0.717) is 12.0 Å². The second-order valence-corrected chi connectivity index (χ2v) is 6.94. The van der Waals surface area contributed by atoms with Crippen molar-refractivity contribution in [3.05, 3.63) is 51.7 Å². The fraction of sp³-hybridized carbons (Fsp3) is 0.471. The summed E-state index contributed by atoms with van der Waals surface area (Å²) in [5.41, 5.74) is 0.866. The molecular formula is C17H21FN2S. The molecule has 0 spiro atoms. The summed E-state index contributed by atoms with van der Waals surface area (Å²) in [4.78, 5) is 5.82. The van der Waals surface area contributed by atoms with E-state index in [0.717, 1.165) is 29.8 Å². The van der Waals surface area contributed by atoms with E-state index < -0.39 is 0 Å². The minimum absolute atomic E-state index is 0.0680. The average molecular weight is 304 g/mol. The van der Waals surface area contributed by atoms with E-state index in [1.165, 1.54) is 4.88 Å². The lowest BCUT2D eigenvalue weighted by molar-refractivity contribution is 0.266. The van der Waals surface area contributed by atoms with Crippen LogP contribution in [0.1, 0.15) is 54.1 Å². The molecule has 1 atom stereocenters. The monoisotopic (exact) mass is 304 g/mol. The Morgan fingerprint density at radius 2 is 2.14 bits per heavy atom. The summed E-state index contributed by atoms with van der Waals surface area (Å²) < 4.78 is 13.7. The van der Waals surface area contributed by atoms with Gasteiger partial charge in [0.25, 0.3) is 0 Å². The molecular weight excluding hydrogens is 283 g/mol. The Morgan fingerprint density at radius 1 is 1.38 bits per heavy atom. The Kier molecular flexibility index (Phi) is 4.36. The first-order valence-electron chi connectivity index (χ1n) is 7.62. The molecule has 1 unspecified atom stereocenters. The molecule has 1 aromatic carbocycles. The van der Waals surface area contributed by atoms with Crippen LogP contribution in [0.3, 0.4) is 0 Å². The Hall–Kier alpha value is -1.26. The first kappa shape index (κ1) is 14.7. The Balaban J connectivity index is 1.54. The number of nitrogens with one attached hydrogen (secondary N) is 1. The number of thiazole rings is 1. The molecule has 112 valence electrons. The second kappa shape index (κ2) is 6.24. The molecule has 0 bridgehead atoms. The number of aryl methyl sites for hydroxylation is 1. The molecule has 1 aromatic heterocycles. The van der Waals surface area contributed by atoms with Gasteiger partial charge in [-0.15, -0.1) is 11.3 Å². The van der Waals surface area contributed by atoms with E-state index in [2.05, 4.69) is 24.1 Å². The summed E-state index contributed by atoms with van der Waals surface area (Å²) in [6.45, 7) is 4.31. The predicted molar refractivity (Wildman–Crippen MR) is 85.2 cm³/mol. The normalized spacial score (nSPS) is 22.8. The maximum atomic E-state index is 13.7. The number of hydrogen-bond acceptors (Lipinski definition) is 3. The molecule has 4 heteroatoms. The third-order valence-corrected chi connectivity index (χ3v) is 5.58. The zero-order chi connectivity index (χ0) is 14.8. The van der Waals surface area contributed by atoms with Crippen molar-refractivity contribution in [3.8, 4) is 0 Å². The van der Waals surface area contributed by atoms with Crippen LogP contribution in [0.25, 0.3) is 0 Å². The standard InChI is InChI=1S/C17H21FN2S/c1-3-14-10-19-17(21-14)11(2)20-13-8-12(9-13)15-6-4-5-7-16(15)18/h4-7,10-13,20H,3,8-9H2,1-2H3. The summed E-state index contributed by atoms with van der Waals surface area (Å²) in [5.74, 6) is 0.292. The molecule has 2 nitrogen and oxygen atoms in total. The van der Waals surface area contributed by atoms with Crippen molar-refractivity contribution in [2.75, 3.05) is 0 Å². The maximum Gasteiger partial charge on any atom is 0.126 e. The van der Waals surface area contributed by atoms with E-state index in [4.69, 9.17) is 0 Å². The smallest absolute Gasteiger partial charge is 0.126 e. The SMILES string of the molecule is CCc1cnc(C(C)NC2CC(c3ccccc3F)C2)s1. The molecule has 0 aliphatic heterocycles. The fourth-order valence-electron chi connectivity index (χ4n) is 2.93. The van der Waals surface area contributed by atoms with Crippen LogP contribution < -0.4 is 5.32 Å². The van der Waals surface area contributed by atoms with Crippen molar-refractivity contribution in [2.24, 2.45) is 0 Å². The minimum atomic E-state index is -0.0680. The van der Waals surface area contributed by atoms with Crippen molar-refractivity contribution in [2.45, 2.75) is 51.1 Å². The number of hydrogen-bond donors (Lipinski definition) is 1. The highest BCUT2D eigenvalue weighted by Gasteiger charge is 2.32. The van der Waals surface area contributed by atoms with Gasteiger partial charge in [-0.1, -0.05) is 25.1 Å². The quantitative estimate of drug-likeness (QED) is 0.883. The van der Waals surface area contributed by atoms with Crippen LogP contribution in [0.15, 0.2) is 30.5 Å². The molecule has 21 heavy (non-hydrogen) atoms. The molecule has 1 saturated carbocycles. The molecule has 1 aliphatic rings. The minimum Gasteiger partial charge on any atom is -0.305 e. The molecule has 1 heterocycles. The third kappa shape index (κ3) is 3.16. The molecule has 2 aromatic rings. The van der Waals surface area contributed by atoms with Crippen LogP contribution in [-0.2, 0) is 6.42 Å². The van der Waals surface area contributed by atoms with Gasteiger partial charge in [-0.05, 0) is 43.7 Å². The highest BCUT2D eigenvalue weighted by molar-refractivity contribution is 7.11. The van der Waals surface area contributed by atoms with Crippen LogP contribution in [0.5, 0.6) is 0 Å². The molecule has 0 saturated heterocycles. The van der Waals surface area contributed by atoms with Gasteiger partial charge in [0.1, 0.15) is 10.8 Å². The topological polar surface area (TPSA) is 24.9 Å². The Morgan fingerprint density at radius 3 is 2.81 bits per heavy atom. The second-order valence-electron chi connectivity index (χ2n) is 5.79. The van der Waals surface area contributed by atoms with Crippen LogP contribution in [0.2, 0.25) is 0 Å². The number of aromatic nitrogens is 1. The number of halogens is 1. The van der Waals surface area contributed by atoms with Crippen molar-refractivity contribution >= 4 is 11.3 Å². The van der Waals surface area contributed by atoms with Gasteiger partial charge in [0.15, 0.2) is 0 Å². The molecule has 0 amide bonds. The predicted octanol–water partition coefficient (Wildman–Crippen LogP) is 4.44. The molecule has 0 radical (unpaired) electrons. The van der Waals surface area contributed by atoms with Crippen LogP contribution in [0.4, 0.5) is 4.39 Å². The van der Waals surface area contributed by atoms with Gasteiger partial charge >= 0.3 is 0 Å². The van der Waals surface area contributed by atoms with E-state index in [1.54, 1.807) is 23.5 Å². The summed E-state index contributed by atoms with van der Waals surface area (Å²) in [6, 6.07) is 7.89. The Labute approximate surface area is 129 Å². The summed E-state index contributed by atoms with van der Waals surface area (Å²) >= 11 is 1.78. The zero-order valence-electron chi connectivity index (χ0n) is 12.5. The van der Waals surface area contributed by atoms with Crippen molar-refractivity contribution in [3.63, 3.8) is 0 Å². The van der Waals surface area contributed by atoms with Gasteiger partial charge in [0, 0.05) is 17.1 Å². The summed E-state index contributed by atoms with van der Waals surface area (Å²) in [7, 11) is 0. The first-order valence-corrected chi connectivity index (χ1v) is 8.44. The summed E-state index contributed by atoms with van der Waals surface area (Å²) in [5, 5.41) is 4.77. The first-order chi connectivity index (χ1) is 10.2. The number of benzene rings is 1. The van der Waals surface area contributed by atoms with Gasteiger partial charge in [-0.25, -0.2) is 9.37 Å². The zero-order valence-corrected chi connectivity index (χ0v) is 13.3. The van der Waals surface area contributed by atoms with Crippen molar-refractivity contribution in [1.29, 1.82) is 0 Å². The fourth-order valence-corrected chi connectivity index (χ4v) is 3.79. The molecule has 1 fully saturated rings. The van der Waals surface area contributed by atoms with Gasteiger partial charge in [-0.3, -0.25) is 0 Å². The average Bonchev–Trinajstić information content (AvgIpc) is 2.92. The van der Waals surface area contributed by atoms with Crippen molar-refractivity contribution < 1.29 is 4.39 Å². The molecule has 1 aliphatic carbocycles. The molecule has 3 rings (SSSR count).